The van der Waals surface area contributed by atoms with E-state index in [9.17, 15) is 4.79 Å². The molecule has 1 N–H and O–H groups in total. The third-order valence-electron chi connectivity index (χ3n) is 4.81. The van der Waals surface area contributed by atoms with Crippen molar-refractivity contribution in [1.82, 2.24) is 4.98 Å². The van der Waals surface area contributed by atoms with Gasteiger partial charge in [-0.3, -0.25) is 10.1 Å². The largest absolute Gasteiger partial charge is 0.298 e. The Hall–Kier alpha value is -2.98. The van der Waals surface area contributed by atoms with E-state index in [4.69, 9.17) is 4.98 Å². The van der Waals surface area contributed by atoms with Crippen LogP contribution in [-0.4, -0.2) is 10.9 Å². The summed E-state index contributed by atoms with van der Waals surface area (Å²) in [6.07, 6.45) is 5.55. The highest BCUT2D eigenvalue weighted by Crippen LogP contribution is 2.38. The summed E-state index contributed by atoms with van der Waals surface area (Å²) in [4.78, 5) is 16.9. The molecular formula is C22H16N2OS. The fourth-order valence-electron chi connectivity index (χ4n) is 3.64. The van der Waals surface area contributed by atoms with Gasteiger partial charge in [0.2, 0.25) is 5.91 Å². The summed E-state index contributed by atoms with van der Waals surface area (Å²) < 4.78 is 1.13. The van der Waals surface area contributed by atoms with Crippen LogP contribution in [0.4, 0.5) is 5.13 Å². The number of thiazole rings is 1. The summed E-state index contributed by atoms with van der Waals surface area (Å²) >= 11 is 1.54. The van der Waals surface area contributed by atoms with Gasteiger partial charge in [-0.25, -0.2) is 4.98 Å². The average Bonchev–Trinajstić information content (AvgIpc) is 3.26. The first-order chi connectivity index (χ1) is 12.8. The second-order valence-corrected chi connectivity index (χ2v) is 7.51. The molecule has 3 aromatic carbocycles. The Labute approximate surface area is 155 Å². The van der Waals surface area contributed by atoms with Gasteiger partial charge >= 0.3 is 0 Å². The molecule has 26 heavy (non-hydrogen) atoms. The first kappa shape index (κ1) is 15.3. The van der Waals surface area contributed by atoms with Crippen molar-refractivity contribution in [2.45, 2.75) is 12.8 Å². The van der Waals surface area contributed by atoms with Gasteiger partial charge in [0, 0.05) is 11.5 Å². The second-order valence-electron chi connectivity index (χ2n) is 6.47. The number of amides is 1. The molecule has 0 unspecified atom stereocenters. The summed E-state index contributed by atoms with van der Waals surface area (Å²) in [7, 11) is 0. The van der Waals surface area contributed by atoms with Gasteiger partial charge in [0.05, 0.1) is 10.2 Å². The van der Waals surface area contributed by atoms with E-state index >= 15 is 0 Å². The van der Waals surface area contributed by atoms with E-state index in [1.54, 1.807) is 12.2 Å². The summed E-state index contributed by atoms with van der Waals surface area (Å²) in [5.41, 5.74) is 4.79. The van der Waals surface area contributed by atoms with E-state index in [0.717, 1.165) is 28.6 Å². The maximum atomic E-state index is 12.2. The lowest BCUT2D eigenvalue weighted by atomic mass is 10.0. The summed E-state index contributed by atoms with van der Waals surface area (Å²) in [5.74, 6) is -0.162. The number of fused-ring (bicyclic) bond motifs is 2. The zero-order valence-electron chi connectivity index (χ0n) is 14.0. The van der Waals surface area contributed by atoms with Crippen LogP contribution in [0.5, 0.6) is 0 Å². The molecule has 126 valence electrons. The lowest BCUT2D eigenvalue weighted by Gasteiger charge is -2.02. The summed E-state index contributed by atoms with van der Waals surface area (Å²) in [5, 5.41) is 6.10. The lowest BCUT2D eigenvalue weighted by molar-refractivity contribution is -0.111. The van der Waals surface area contributed by atoms with E-state index in [1.165, 1.54) is 33.2 Å². The van der Waals surface area contributed by atoms with Gasteiger partial charge in [0.1, 0.15) is 0 Å². The van der Waals surface area contributed by atoms with Gasteiger partial charge in [0.25, 0.3) is 0 Å². The van der Waals surface area contributed by atoms with Crippen LogP contribution >= 0.6 is 11.3 Å². The van der Waals surface area contributed by atoms with Crippen LogP contribution in [0.15, 0.2) is 60.7 Å². The second kappa shape index (κ2) is 6.07. The molecule has 5 rings (SSSR count). The van der Waals surface area contributed by atoms with Crippen LogP contribution in [0.2, 0.25) is 0 Å². The van der Waals surface area contributed by atoms with Crippen molar-refractivity contribution in [3.05, 3.63) is 77.4 Å². The first-order valence-corrected chi connectivity index (χ1v) is 9.48. The van der Waals surface area contributed by atoms with Crippen molar-refractivity contribution in [3.8, 4) is 0 Å². The molecule has 0 aliphatic heterocycles. The minimum Gasteiger partial charge on any atom is -0.298 e. The Kier molecular flexibility index (Phi) is 3.57. The monoisotopic (exact) mass is 356 g/mol. The molecule has 0 saturated carbocycles. The number of rotatable bonds is 3. The molecule has 0 spiro atoms. The molecule has 4 aromatic rings. The van der Waals surface area contributed by atoms with Crippen molar-refractivity contribution in [1.29, 1.82) is 0 Å². The standard InChI is InChI=1S/C22H16N2OS/c25-19(12-9-14-5-2-1-3-6-14)23-22-24-21-17-8-4-7-15-10-11-16(20(15)17)13-18(21)26-22/h1-9,12-13H,10-11H2,(H,23,24,25). The number of aryl methyl sites for hydroxylation is 2. The molecule has 3 nitrogen and oxygen atoms in total. The molecule has 0 radical (unpaired) electrons. The molecule has 1 aromatic heterocycles. The van der Waals surface area contributed by atoms with Gasteiger partial charge in [-0.15, -0.1) is 0 Å². The molecule has 1 aliphatic carbocycles. The van der Waals surface area contributed by atoms with Crippen LogP contribution < -0.4 is 5.32 Å². The molecule has 0 bridgehead atoms. The zero-order valence-corrected chi connectivity index (χ0v) is 14.8. The van der Waals surface area contributed by atoms with Gasteiger partial charge in [-0.05, 0) is 47.1 Å². The number of anilines is 1. The highest BCUT2D eigenvalue weighted by atomic mass is 32.1. The summed E-state index contributed by atoms with van der Waals surface area (Å²) in [6.45, 7) is 0. The number of hydrogen-bond donors (Lipinski definition) is 1. The molecule has 4 heteroatoms. The van der Waals surface area contributed by atoms with Crippen molar-refractivity contribution < 1.29 is 4.79 Å². The van der Waals surface area contributed by atoms with Gasteiger partial charge in [-0.1, -0.05) is 59.9 Å². The number of nitrogens with zero attached hydrogens (tertiary/aromatic N) is 1. The molecule has 1 amide bonds. The van der Waals surface area contributed by atoms with E-state index in [2.05, 4.69) is 29.6 Å². The van der Waals surface area contributed by atoms with Gasteiger partial charge < -0.3 is 0 Å². The van der Waals surface area contributed by atoms with E-state index in [1.807, 2.05) is 30.3 Å². The molecule has 1 heterocycles. The van der Waals surface area contributed by atoms with Crippen molar-refractivity contribution in [2.24, 2.45) is 0 Å². The van der Waals surface area contributed by atoms with Crippen LogP contribution in [0.3, 0.4) is 0 Å². The number of carbonyl (C=O) groups is 1. The number of aromatic nitrogens is 1. The first-order valence-electron chi connectivity index (χ1n) is 8.66. The number of hydrogen-bond acceptors (Lipinski definition) is 3. The van der Waals surface area contributed by atoms with E-state index < -0.39 is 0 Å². The van der Waals surface area contributed by atoms with Crippen LogP contribution in [0.25, 0.3) is 27.1 Å². The molecular weight excluding hydrogens is 340 g/mol. The Morgan fingerprint density at radius 3 is 2.77 bits per heavy atom. The normalized spacial score (nSPS) is 13.1. The van der Waals surface area contributed by atoms with E-state index in [0.29, 0.717) is 5.13 Å². The quantitative estimate of drug-likeness (QED) is 0.513. The Balaban J connectivity index is 1.47. The number of nitrogens with one attached hydrogen (secondary N) is 1. The minimum absolute atomic E-state index is 0.162. The topological polar surface area (TPSA) is 42.0 Å². The van der Waals surface area contributed by atoms with Crippen LogP contribution in [0.1, 0.15) is 16.7 Å². The Bertz CT molecular complexity index is 1180. The van der Waals surface area contributed by atoms with Crippen LogP contribution in [-0.2, 0) is 17.6 Å². The van der Waals surface area contributed by atoms with Crippen molar-refractivity contribution in [3.63, 3.8) is 0 Å². The lowest BCUT2D eigenvalue weighted by Crippen LogP contribution is -2.07. The SMILES string of the molecule is O=C(C=Cc1ccccc1)Nc1nc2c(cc3c4c(cccc42)CC3)s1. The maximum Gasteiger partial charge on any atom is 0.250 e. The minimum atomic E-state index is -0.162. The van der Waals surface area contributed by atoms with Crippen LogP contribution in [0, 0.1) is 0 Å². The smallest absolute Gasteiger partial charge is 0.250 e. The predicted octanol–water partition coefficient (Wildman–Crippen LogP) is 5.20. The highest BCUT2D eigenvalue weighted by Gasteiger charge is 2.18. The fraction of sp³-hybridized carbons (Fsp3) is 0.0909. The maximum absolute atomic E-state index is 12.2. The molecule has 0 atom stereocenters. The van der Waals surface area contributed by atoms with Crippen molar-refractivity contribution in [2.75, 3.05) is 5.32 Å². The third kappa shape index (κ3) is 2.59. The van der Waals surface area contributed by atoms with Crippen molar-refractivity contribution >= 4 is 49.4 Å². The predicted molar refractivity (Wildman–Crippen MR) is 109 cm³/mol. The third-order valence-corrected chi connectivity index (χ3v) is 5.72. The Morgan fingerprint density at radius 2 is 1.88 bits per heavy atom. The number of carbonyl (C=O) groups excluding carboxylic acids is 1. The van der Waals surface area contributed by atoms with Gasteiger partial charge in [0.15, 0.2) is 5.13 Å². The summed E-state index contributed by atoms with van der Waals surface area (Å²) in [6, 6.07) is 18.5. The molecule has 0 fully saturated rings. The van der Waals surface area contributed by atoms with E-state index in [-0.39, 0.29) is 5.91 Å². The fourth-order valence-corrected chi connectivity index (χ4v) is 4.59. The highest BCUT2D eigenvalue weighted by molar-refractivity contribution is 7.22. The molecule has 0 saturated heterocycles. The number of benzene rings is 3. The zero-order chi connectivity index (χ0) is 17.5. The van der Waals surface area contributed by atoms with Gasteiger partial charge in [-0.2, -0.15) is 0 Å². The Morgan fingerprint density at radius 1 is 1.04 bits per heavy atom. The molecule has 1 aliphatic rings. The average molecular weight is 356 g/mol.